The summed E-state index contributed by atoms with van der Waals surface area (Å²) in [5.74, 6) is 0.829. The lowest BCUT2D eigenvalue weighted by Crippen LogP contribution is -2.38. The van der Waals surface area contributed by atoms with Crippen LogP contribution in [-0.2, 0) is 4.79 Å². The first-order valence-corrected chi connectivity index (χ1v) is 4.42. The van der Waals surface area contributed by atoms with Crippen molar-refractivity contribution >= 4 is 5.91 Å². The summed E-state index contributed by atoms with van der Waals surface area (Å²) in [4.78, 5) is 13.3. The van der Waals surface area contributed by atoms with Gasteiger partial charge in [-0.25, -0.2) is 0 Å². The van der Waals surface area contributed by atoms with Gasteiger partial charge >= 0.3 is 0 Å². The van der Waals surface area contributed by atoms with Crippen LogP contribution in [-0.4, -0.2) is 37.0 Å². The van der Waals surface area contributed by atoms with Crippen LogP contribution >= 0.6 is 0 Å². The monoisotopic (exact) mass is 166 g/mol. The van der Waals surface area contributed by atoms with Crippen molar-refractivity contribution in [3.63, 3.8) is 0 Å². The van der Waals surface area contributed by atoms with Crippen LogP contribution in [0.4, 0.5) is 0 Å². The number of nitrogens with zero attached hydrogens (tertiary/aromatic N) is 1. The van der Waals surface area contributed by atoms with E-state index in [-0.39, 0.29) is 5.91 Å². The van der Waals surface area contributed by atoms with E-state index in [1.54, 1.807) is 7.05 Å². The van der Waals surface area contributed by atoms with Gasteiger partial charge in [-0.1, -0.05) is 12.2 Å². The van der Waals surface area contributed by atoms with Gasteiger partial charge in [-0.3, -0.25) is 9.69 Å². The topological polar surface area (TPSA) is 32.3 Å². The minimum atomic E-state index is 0.121. The number of nitrogens with one attached hydrogen (secondary N) is 1. The average molecular weight is 166 g/mol. The van der Waals surface area contributed by atoms with E-state index in [4.69, 9.17) is 0 Å². The molecule has 0 aromatic carbocycles. The van der Waals surface area contributed by atoms with E-state index in [1.165, 1.54) is 6.42 Å². The predicted octanol–water partition coefficient (Wildman–Crippen LogP) is -0.00730. The number of rotatable bonds is 2. The molecular weight excluding hydrogens is 152 g/mol. The summed E-state index contributed by atoms with van der Waals surface area (Å²) in [5, 5.41) is 2.65. The average Bonchev–Trinajstić information content (AvgIpc) is 2.64. The maximum absolute atomic E-state index is 11.1. The van der Waals surface area contributed by atoms with Gasteiger partial charge in [0.25, 0.3) is 0 Å². The molecule has 0 spiro atoms. The molecule has 0 aromatic heterocycles. The molecule has 2 unspecified atom stereocenters. The summed E-state index contributed by atoms with van der Waals surface area (Å²) in [5.41, 5.74) is 0. The van der Waals surface area contributed by atoms with Gasteiger partial charge in [0.2, 0.25) is 5.91 Å². The Hall–Kier alpha value is -0.830. The number of likely N-dealkylation sites (tertiary alicyclic amines) is 1. The maximum atomic E-state index is 11.1. The molecular formula is C9H14N2O. The number of hydrogen-bond donors (Lipinski definition) is 1. The molecule has 0 radical (unpaired) electrons. The highest BCUT2D eigenvalue weighted by Gasteiger charge is 2.33. The molecule has 2 aliphatic rings. The van der Waals surface area contributed by atoms with Gasteiger partial charge in [0, 0.05) is 19.6 Å². The largest absolute Gasteiger partial charge is 0.358 e. The van der Waals surface area contributed by atoms with Crippen LogP contribution in [0.5, 0.6) is 0 Å². The van der Waals surface area contributed by atoms with Crippen molar-refractivity contribution in [1.82, 2.24) is 10.2 Å². The van der Waals surface area contributed by atoms with Gasteiger partial charge in [0.15, 0.2) is 0 Å². The van der Waals surface area contributed by atoms with Crippen molar-refractivity contribution in [3.8, 4) is 0 Å². The molecule has 1 N–H and O–H groups in total. The third-order valence-corrected chi connectivity index (χ3v) is 2.71. The third kappa shape index (κ3) is 1.25. The van der Waals surface area contributed by atoms with Crippen LogP contribution in [0.2, 0.25) is 0 Å². The molecule has 3 nitrogen and oxygen atoms in total. The molecule has 1 amide bonds. The smallest absolute Gasteiger partial charge is 0.233 e. The predicted molar refractivity (Wildman–Crippen MR) is 46.7 cm³/mol. The van der Waals surface area contributed by atoms with Crippen LogP contribution in [0.15, 0.2) is 12.2 Å². The number of carbonyl (C=O) groups excluding carboxylic acids is 1. The van der Waals surface area contributed by atoms with Crippen molar-refractivity contribution in [2.75, 3.05) is 20.1 Å². The van der Waals surface area contributed by atoms with Crippen LogP contribution < -0.4 is 5.32 Å². The van der Waals surface area contributed by atoms with E-state index in [0.29, 0.717) is 18.5 Å². The van der Waals surface area contributed by atoms with Crippen molar-refractivity contribution in [1.29, 1.82) is 0 Å². The molecule has 3 heteroatoms. The molecule has 12 heavy (non-hydrogen) atoms. The highest BCUT2D eigenvalue weighted by Crippen LogP contribution is 2.30. The van der Waals surface area contributed by atoms with Crippen molar-refractivity contribution in [2.45, 2.75) is 12.5 Å². The molecule has 1 aliphatic heterocycles. The van der Waals surface area contributed by atoms with Gasteiger partial charge in [-0.05, 0) is 12.3 Å². The zero-order chi connectivity index (χ0) is 8.55. The Bertz CT molecular complexity index is 225. The van der Waals surface area contributed by atoms with Crippen molar-refractivity contribution < 1.29 is 4.79 Å². The highest BCUT2D eigenvalue weighted by atomic mass is 16.1. The normalized spacial score (nSPS) is 32.8. The number of likely N-dealkylation sites (N-methyl/N-ethyl adjacent to an activating group) is 1. The van der Waals surface area contributed by atoms with Crippen molar-refractivity contribution in [3.05, 3.63) is 12.2 Å². The van der Waals surface area contributed by atoms with Gasteiger partial charge in [0.1, 0.15) is 0 Å². The molecule has 0 saturated carbocycles. The second-order valence-electron chi connectivity index (χ2n) is 3.55. The Labute approximate surface area is 72.4 Å². The number of hydrogen-bond acceptors (Lipinski definition) is 2. The lowest BCUT2D eigenvalue weighted by Gasteiger charge is -2.22. The zero-order valence-electron chi connectivity index (χ0n) is 7.29. The minimum Gasteiger partial charge on any atom is -0.358 e. The van der Waals surface area contributed by atoms with Crippen LogP contribution in [0.25, 0.3) is 0 Å². The first-order valence-electron chi connectivity index (χ1n) is 4.42. The first-order chi connectivity index (χ1) is 5.79. The summed E-state index contributed by atoms with van der Waals surface area (Å²) < 4.78 is 0. The molecule has 2 atom stereocenters. The SMILES string of the molecule is CNC(=O)CN1CC2C=CC1C2. The molecule has 1 aliphatic carbocycles. The number of fused-ring (bicyclic) bond motifs is 2. The van der Waals surface area contributed by atoms with E-state index in [1.807, 2.05) is 0 Å². The van der Waals surface area contributed by atoms with Gasteiger partial charge in [-0.15, -0.1) is 0 Å². The van der Waals surface area contributed by atoms with Gasteiger partial charge in [0.05, 0.1) is 6.54 Å². The Balaban J connectivity index is 1.91. The van der Waals surface area contributed by atoms with E-state index < -0.39 is 0 Å². The van der Waals surface area contributed by atoms with E-state index >= 15 is 0 Å². The fourth-order valence-electron chi connectivity index (χ4n) is 2.04. The maximum Gasteiger partial charge on any atom is 0.233 e. The lowest BCUT2D eigenvalue weighted by molar-refractivity contribution is -0.121. The Morgan fingerprint density at radius 2 is 2.50 bits per heavy atom. The molecule has 1 saturated heterocycles. The fourth-order valence-corrected chi connectivity index (χ4v) is 2.04. The quantitative estimate of drug-likeness (QED) is 0.585. The first kappa shape index (κ1) is 7.80. The minimum absolute atomic E-state index is 0.121. The summed E-state index contributed by atoms with van der Waals surface area (Å²) in [6.45, 7) is 1.62. The van der Waals surface area contributed by atoms with Gasteiger partial charge < -0.3 is 5.32 Å². The van der Waals surface area contributed by atoms with E-state index in [2.05, 4.69) is 22.4 Å². The Kier molecular flexibility index (Phi) is 1.89. The lowest BCUT2D eigenvalue weighted by atomic mass is 10.2. The molecule has 2 rings (SSSR count). The Morgan fingerprint density at radius 3 is 3.00 bits per heavy atom. The molecule has 66 valence electrons. The van der Waals surface area contributed by atoms with Gasteiger partial charge in [-0.2, -0.15) is 0 Å². The summed E-state index contributed by atoms with van der Waals surface area (Å²) in [6, 6.07) is 0.535. The zero-order valence-corrected chi connectivity index (χ0v) is 7.29. The summed E-state index contributed by atoms with van der Waals surface area (Å²) in [7, 11) is 1.69. The summed E-state index contributed by atoms with van der Waals surface area (Å²) in [6.07, 6.45) is 5.71. The van der Waals surface area contributed by atoms with Crippen LogP contribution in [0.3, 0.4) is 0 Å². The highest BCUT2D eigenvalue weighted by molar-refractivity contribution is 5.77. The number of carbonyl (C=O) groups is 1. The second kappa shape index (κ2) is 2.90. The number of amides is 1. The van der Waals surface area contributed by atoms with Crippen LogP contribution in [0, 0.1) is 5.92 Å². The second-order valence-corrected chi connectivity index (χ2v) is 3.55. The molecule has 2 bridgehead atoms. The molecule has 1 fully saturated rings. The standard InChI is InChI=1S/C9H14N2O/c1-10-9(12)6-11-5-7-2-3-8(11)4-7/h2-3,7-8H,4-6H2,1H3,(H,10,12). The summed E-state index contributed by atoms with van der Waals surface area (Å²) >= 11 is 0. The molecule has 1 heterocycles. The van der Waals surface area contributed by atoms with Crippen molar-refractivity contribution in [2.24, 2.45) is 5.92 Å². The fraction of sp³-hybridized carbons (Fsp3) is 0.667. The van der Waals surface area contributed by atoms with E-state index in [0.717, 1.165) is 6.54 Å². The Morgan fingerprint density at radius 1 is 1.67 bits per heavy atom. The molecule has 0 aromatic rings. The van der Waals surface area contributed by atoms with E-state index in [9.17, 15) is 4.79 Å². The van der Waals surface area contributed by atoms with Crippen LogP contribution in [0.1, 0.15) is 6.42 Å². The third-order valence-electron chi connectivity index (χ3n) is 2.71.